The summed E-state index contributed by atoms with van der Waals surface area (Å²) in [6.45, 7) is 2.00. The van der Waals surface area contributed by atoms with Crippen LogP contribution < -0.4 is 5.73 Å². The molecule has 16 heavy (non-hydrogen) atoms. The Morgan fingerprint density at radius 3 is 2.88 bits per heavy atom. The number of hydrogen-bond acceptors (Lipinski definition) is 4. The van der Waals surface area contributed by atoms with Gasteiger partial charge in [-0.2, -0.15) is 0 Å². The molecule has 0 spiro atoms. The Labute approximate surface area is 94.0 Å². The molecule has 1 aromatic heterocycles. The molecule has 1 heterocycles. The average Bonchev–Trinajstić information content (AvgIpc) is 2.74. The minimum absolute atomic E-state index is 0.0565. The van der Waals surface area contributed by atoms with E-state index in [0.29, 0.717) is 5.88 Å². The second kappa shape index (κ2) is 4.37. The van der Waals surface area contributed by atoms with Crippen molar-refractivity contribution in [1.82, 2.24) is 5.16 Å². The SMILES string of the molecule is COC(C)c1cccc(-c2cnoc2N)c1. The number of anilines is 1. The summed E-state index contributed by atoms with van der Waals surface area (Å²) in [6.07, 6.45) is 1.67. The molecule has 84 valence electrons. The molecule has 0 aliphatic carbocycles. The van der Waals surface area contributed by atoms with Crippen LogP contribution in [0.1, 0.15) is 18.6 Å². The van der Waals surface area contributed by atoms with E-state index in [9.17, 15) is 0 Å². The minimum Gasteiger partial charge on any atom is -0.377 e. The molecule has 4 nitrogen and oxygen atoms in total. The van der Waals surface area contributed by atoms with Gasteiger partial charge in [-0.25, -0.2) is 0 Å². The molecule has 0 aliphatic rings. The second-order valence-corrected chi connectivity index (χ2v) is 3.61. The molecule has 1 atom stereocenters. The third kappa shape index (κ3) is 1.92. The zero-order valence-corrected chi connectivity index (χ0v) is 9.31. The van der Waals surface area contributed by atoms with Gasteiger partial charge in [-0.15, -0.1) is 0 Å². The Kier molecular flexibility index (Phi) is 2.92. The lowest BCUT2D eigenvalue weighted by molar-refractivity contribution is 0.119. The number of hydrogen-bond donors (Lipinski definition) is 1. The fourth-order valence-corrected chi connectivity index (χ4v) is 1.56. The number of aromatic nitrogens is 1. The summed E-state index contributed by atoms with van der Waals surface area (Å²) >= 11 is 0. The van der Waals surface area contributed by atoms with Crippen LogP contribution in [0.4, 0.5) is 5.88 Å². The summed E-state index contributed by atoms with van der Waals surface area (Å²) in [5.41, 5.74) is 8.57. The summed E-state index contributed by atoms with van der Waals surface area (Å²) in [7, 11) is 1.69. The summed E-state index contributed by atoms with van der Waals surface area (Å²) in [5.74, 6) is 0.335. The van der Waals surface area contributed by atoms with Crippen molar-refractivity contribution in [2.45, 2.75) is 13.0 Å². The first-order valence-corrected chi connectivity index (χ1v) is 5.05. The van der Waals surface area contributed by atoms with Crippen LogP contribution in [0.5, 0.6) is 0 Å². The van der Waals surface area contributed by atoms with Crippen molar-refractivity contribution in [3.63, 3.8) is 0 Å². The maximum absolute atomic E-state index is 5.67. The highest BCUT2D eigenvalue weighted by Gasteiger charge is 2.09. The fraction of sp³-hybridized carbons (Fsp3) is 0.250. The smallest absolute Gasteiger partial charge is 0.229 e. The Morgan fingerprint density at radius 1 is 1.44 bits per heavy atom. The topological polar surface area (TPSA) is 61.3 Å². The summed E-state index contributed by atoms with van der Waals surface area (Å²) in [6, 6.07) is 7.97. The van der Waals surface area contributed by atoms with Crippen molar-refractivity contribution >= 4 is 5.88 Å². The van der Waals surface area contributed by atoms with Crippen LogP contribution in [-0.4, -0.2) is 12.3 Å². The number of benzene rings is 1. The van der Waals surface area contributed by atoms with Crippen molar-refractivity contribution in [3.8, 4) is 11.1 Å². The first-order chi connectivity index (χ1) is 7.72. The normalized spacial score (nSPS) is 12.6. The summed E-state index contributed by atoms with van der Waals surface area (Å²) in [5, 5.41) is 3.66. The van der Waals surface area contributed by atoms with E-state index >= 15 is 0 Å². The number of nitrogens with zero attached hydrogens (tertiary/aromatic N) is 1. The van der Waals surface area contributed by atoms with Crippen molar-refractivity contribution in [1.29, 1.82) is 0 Å². The van der Waals surface area contributed by atoms with Crippen molar-refractivity contribution in [2.75, 3.05) is 12.8 Å². The van der Waals surface area contributed by atoms with Gasteiger partial charge in [0.15, 0.2) is 0 Å². The van der Waals surface area contributed by atoms with Gasteiger partial charge in [0.05, 0.1) is 17.9 Å². The molecule has 0 amide bonds. The Balaban J connectivity index is 2.40. The number of nitrogens with two attached hydrogens (primary N) is 1. The molecule has 0 bridgehead atoms. The van der Waals surface area contributed by atoms with Crippen LogP contribution in [0, 0.1) is 0 Å². The van der Waals surface area contributed by atoms with Crippen LogP contribution in [0.25, 0.3) is 11.1 Å². The number of methoxy groups -OCH3 is 1. The predicted octanol–water partition coefficient (Wildman–Crippen LogP) is 2.63. The van der Waals surface area contributed by atoms with Crippen molar-refractivity contribution in [2.24, 2.45) is 0 Å². The van der Waals surface area contributed by atoms with Crippen LogP contribution in [0.3, 0.4) is 0 Å². The Bertz CT molecular complexity index is 479. The van der Waals surface area contributed by atoms with Gasteiger partial charge in [-0.05, 0) is 24.1 Å². The lowest BCUT2D eigenvalue weighted by Crippen LogP contribution is -1.95. The van der Waals surface area contributed by atoms with E-state index in [4.69, 9.17) is 15.0 Å². The van der Waals surface area contributed by atoms with Gasteiger partial charge in [-0.3, -0.25) is 0 Å². The van der Waals surface area contributed by atoms with E-state index in [1.807, 2.05) is 31.2 Å². The van der Waals surface area contributed by atoms with Crippen LogP contribution in [0.15, 0.2) is 35.0 Å². The molecule has 1 aromatic carbocycles. The highest BCUT2D eigenvalue weighted by Crippen LogP contribution is 2.28. The van der Waals surface area contributed by atoms with E-state index in [1.54, 1.807) is 13.3 Å². The van der Waals surface area contributed by atoms with Gasteiger partial charge >= 0.3 is 0 Å². The second-order valence-electron chi connectivity index (χ2n) is 3.61. The molecule has 0 aliphatic heterocycles. The van der Waals surface area contributed by atoms with E-state index < -0.39 is 0 Å². The standard InChI is InChI=1S/C12H14N2O2/c1-8(15-2)9-4-3-5-10(6-9)11-7-14-16-12(11)13/h3-8H,13H2,1-2H3. The largest absolute Gasteiger partial charge is 0.377 e. The maximum atomic E-state index is 5.67. The molecule has 0 radical (unpaired) electrons. The van der Waals surface area contributed by atoms with Gasteiger partial charge in [0.2, 0.25) is 5.88 Å². The monoisotopic (exact) mass is 218 g/mol. The first-order valence-electron chi connectivity index (χ1n) is 5.05. The van der Waals surface area contributed by atoms with Crippen LogP contribution >= 0.6 is 0 Å². The average molecular weight is 218 g/mol. The van der Waals surface area contributed by atoms with Gasteiger partial charge in [-0.1, -0.05) is 23.4 Å². The third-order valence-corrected chi connectivity index (χ3v) is 2.62. The quantitative estimate of drug-likeness (QED) is 0.860. The van der Waals surface area contributed by atoms with Crippen molar-refractivity contribution in [3.05, 3.63) is 36.0 Å². The van der Waals surface area contributed by atoms with Crippen LogP contribution in [0.2, 0.25) is 0 Å². The zero-order chi connectivity index (χ0) is 11.5. The molecule has 0 saturated carbocycles. The van der Waals surface area contributed by atoms with E-state index in [0.717, 1.165) is 16.7 Å². The fourth-order valence-electron chi connectivity index (χ4n) is 1.56. The Morgan fingerprint density at radius 2 is 2.25 bits per heavy atom. The van der Waals surface area contributed by atoms with Gasteiger partial charge in [0, 0.05) is 7.11 Å². The zero-order valence-electron chi connectivity index (χ0n) is 9.31. The lowest BCUT2D eigenvalue weighted by atomic mass is 10.0. The molecule has 2 N–H and O–H groups in total. The van der Waals surface area contributed by atoms with Crippen LogP contribution in [-0.2, 0) is 4.74 Å². The number of rotatable bonds is 3. The van der Waals surface area contributed by atoms with Gasteiger partial charge < -0.3 is 15.0 Å². The number of nitrogen functional groups attached to an aromatic ring is 1. The molecule has 0 saturated heterocycles. The first kappa shape index (κ1) is 10.7. The number of ether oxygens (including phenoxy) is 1. The minimum atomic E-state index is 0.0565. The predicted molar refractivity (Wildman–Crippen MR) is 61.8 cm³/mol. The van der Waals surface area contributed by atoms with Gasteiger partial charge in [0.1, 0.15) is 0 Å². The molecular weight excluding hydrogens is 204 g/mol. The molecule has 2 aromatic rings. The van der Waals surface area contributed by atoms with E-state index in [2.05, 4.69) is 5.16 Å². The lowest BCUT2D eigenvalue weighted by Gasteiger charge is -2.10. The summed E-state index contributed by atoms with van der Waals surface area (Å²) < 4.78 is 10.1. The van der Waals surface area contributed by atoms with Gasteiger partial charge in [0.25, 0.3) is 0 Å². The Hall–Kier alpha value is -1.81. The molecule has 1 unspecified atom stereocenters. The maximum Gasteiger partial charge on any atom is 0.229 e. The highest BCUT2D eigenvalue weighted by atomic mass is 16.5. The summed E-state index contributed by atoms with van der Waals surface area (Å²) in [4.78, 5) is 0. The van der Waals surface area contributed by atoms with Crippen molar-refractivity contribution < 1.29 is 9.26 Å². The molecular formula is C12H14N2O2. The third-order valence-electron chi connectivity index (χ3n) is 2.62. The highest BCUT2D eigenvalue weighted by molar-refractivity contribution is 5.72. The van der Waals surface area contributed by atoms with E-state index in [1.165, 1.54) is 0 Å². The van der Waals surface area contributed by atoms with E-state index in [-0.39, 0.29) is 6.10 Å². The molecule has 2 rings (SSSR count). The molecule has 0 fully saturated rings. The molecule has 4 heteroatoms.